The number of rotatable bonds is 5. The van der Waals surface area contributed by atoms with Crippen molar-refractivity contribution in [1.29, 1.82) is 0 Å². The predicted octanol–water partition coefficient (Wildman–Crippen LogP) is 3.48. The molecule has 1 rings (SSSR count). The van der Waals surface area contributed by atoms with Gasteiger partial charge >= 0.3 is 0 Å². The highest BCUT2D eigenvalue weighted by molar-refractivity contribution is 6.42. The molecule has 0 saturated heterocycles. The van der Waals surface area contributed by atoms with Gasteiger partial charge in [0.2, 0.25) is 0 Å². The number of benzene rings is 1. The number of ketones is 1. The summed E-state index contributed by atoms with van der Waals surface area (Å²) in [7, 11) is 0. The van der Waals surface area contributed by atoms with Crippen molar-refractivity contribution in [2.45, 2.75) is 32.7 Å². The van der Waals surface area contributed by atoms with E-state index in [0.29, 0.717) is 28.8 Å². The number of hydrogen-bond donors (Lipinski definition) is 1. The largest absolute Gasteiger partial charge is 0.321 e. The average molecular weight is 274 g/mol. The normalized spacial score (nSPS) is 12.8. The van der Waals surface area contributed by atoms with E-state index in [1.165, 1.54) is 0 Å². The minimum Gasteiger partial charge on any atom is -0.321 e. The van der Waals surface area contributed by atoms with Gasteiger partial charge in [-0.25, -0.2) is 0 Å². The van der Waals surface area contributed by atoms with E-state index in [4.69, 9.17) is 28.9 Å². The lowest BCUT2D eigenvalue weighted by Gasteiger charge is -2.13. The van der Waals surface area contributed by atoms with Gasteiger partial charge in [0, 0.05) is 6.42 Å². The third kappa shape index (κ3) is 4.66. The van der Waals surface area contributed by atoms with Crippen LogP contribution in [0.1, 0.15) is 25.8 Å². The summed E-state index contributed by atoms with van der Waals surface area (Å²) in [6.07, 6.45) is 1.02. The Labute approximate surface area is 112 Å². The lowest BCUT2D eigenvalue weighted by Crippen LogP contribution is -2.33. The molecule has 0 aliphatic carbocycles. The van der Waals surface area contributed by atoms with Crippen molar-refractivity contribution in [2.75, 3.05) is 0 Å². The van der Waals surface area contributed by atoms with Crippen molar-refractivity contribution in [3.8, 4) is 0 Å². The Kier molecular flexibility index (Phi) is 5.44. The highest BCUT2D eigenvalue weighted by Crippen LogP contribution is 2.23. The molecule has 0 amide bonds. The second kappa shape index (κ2) is 6.39. The molecule has 17 heavy (non-hydrogen) atoms. The molecule has 0 bridgehead atoms. The van der Waals surface area contributed by atoms with Crippen molar-refractivity contribution in [3.63, 3.8) is 0 Å². The molecule has 1 aromatic carbocycles. The van der Waals surface area contributed by atoms with E-state index < -0.39 is 6.04 Å². The van der Waals surface area contributed by atoms with Gasteiger partial charge in [-0.3, -0.25) is 4.79 Å². The van der Waals surface area contributed by atoms with E-state index in [1.807, 2.05) is 13.8 Å². The van der Waals surface area contributed by atoms with Crippen LogP contribution in [0.2, 0.25) is 10.0 Å². The van der Waals surface area contributed by atoms with Gasteiger partial charge in [-0.1, -0.05) is 43.1 Å². The monoisotopic (exact) mass is 273 g/mol. The summed E-state index contributed by atoms with van der Waals surface area (Å²) < 4.78 is 0. The van der Waals surface area contributed by atoms with Gasteiger partial charge in [-0.05, 0) is 30.0 Å². The highest BCUT2D eigenvalue weighted by Gasteiger charge is 2.15. The summed E-state index contributed by atoms with van der Waals surface area (Å²) in [6.45, 7) is 4.10. The van der Waals surface area contributed by atoms with Crippen molar-refractivity contribution < 1.29 is 4.79 Å². The van der Waals surface area contributed by atoms with Crippen LogP contribution in [0.5, 0.6) is 0 Å². The molecule has 0 aliphatic heterocycles. The molecular weight excluding hydrogens is 257 g/mol. The predicted molar refractivity (Wildman–Crippen MR) is 72.6 cm³/mol. The Hall–Kier alpha value is -0.570. The molecule has 2 N–H and O–H groups in total. The highest BCUT2D eigenvalue weighted by atomic mass is 35.5. The van der Waals surface area contributed by atoms with E-state index in [9.17, 15) is 4.79 Å². The van der Waals surface area contributed by atoms with Crippen molar-refractivity contribution >= 4 is 29.0 Å². The number of Topliss-reactive ketones (excluding diaryl/α,β-unsaturated/α-hetero) is 1. The Morgan fingerprint density at radius 2 is 1.94 bits per heavy atom. The molecule has 0 radical (unpaired) electrons. The van der Waals surface area contributed by atoms with E-state index in [2.05, 4.69) is 0 Å². The van der Waals surface area contributed by atoms with E-state index in [-0.39, 0.29) is 5.78 Å². The van der Waals surface area contributed by atoms with Gasteiger partial charge in [-0.15, -0.1) is 0 Å². The zero-order valence-electron chi connectivity index (χ0n) is 10.0. The summed E-state index contributed by atoms with van der Waals surface area (Å²) in [5.74, 6) is 0.458. The fourth-order valence-corrected chi connectivity index (χ4v) is 1.94. The number of hydrogen-bond acceptors (Lipinski definition) is 2. The Balaban J connectivity index is 2.64. The number of carbonyl (C=O) groups excluding carboxylic acids is 1. The quantitative estimate of drug-likeness (QED) is 0.893. The number of nitrogens with two attached hydrogens (primary N) is 1. The molecule has 0 heterocycles. The maximum absolute atomic E-state index is 11.8. The van der Waals surface area contributed by atoms with Crippen LogP contribution in [-0.2, 0) is 11.2 Å². The zero-order chi connectivity index (χ0) is 13.0. The van der Waals surface area contributed by atoms with Crippen molar-refractivity contribution in [3.05, 3.63) is 33.8 Å². The third-order valence-corrected chi connectivity index (χ3v) is 3.24. The Morgan fingerprint density at radius 1 is 1.29 bits per heavy atom. The van der Waals surface area contributed by atoms with Crippen LogP contribution >= 0.6 is 23.2 Å². The summed E-state index contributed by atoms with van der Waals surface area (Å²) in [4.78, 5) is 11.8. The van der Waals surface area contributed by atoms with Crippen LogP contribution in [0.15, 0.2) is 18.2 Å². The standard InChI is InChI=1S/C13H17Cl2NO/c1-8(2)5-12(16)13(17)7-9-3-4-10(14)11(15)6-9/h3-4,6,8,12H,5,7,16H2,1-2H3. The molecule has 94 valence electrons. The second-order valence-electron chi connectivity index (χ2n) is 4.63. The van der Waals surface area contributed by atoms with Gasteiger partial charge in [0.05, 0.1) is 16.1 Å². The molecule has 0 fully saturated rings. The smallest absolute Gasteiger partial charge is 0.153 e. The SMILES string of the molecule is CC(C)CC(N)C(=O)Cc1ccc(Cl)c(Cl)c1. The molecule has 0 spiro atoms. The first-order valence-electron chi connectivity index (χ1n) is 5.62. The molecule has 2 nitrogen and oxygen atoms in total. The van der Waals surface area contributed by atoms with Gasteiger partial charge in [0.1, 0.15) is 0 Å². The summed E-state index contributed by atoms with van der Waals surface area (Å²) in [5, 5.41) is 0.962. The molecule has 4 heteroatoms. The lowest BCUT2D eigenvalue weighted by molar-refractivity contribution is -0.120. The van der Waals surface area contributed by atoms with E-state index >= 15 is 0 Å². The topological polar surface area (TPSA) is 43.1 Å². The first-order chi connectivity index (χ1) is 7.90. The molecule has 0 aliphatic rings. The third-order valence-electron chi connectivity index (χ3n) is 2.50. The van der Waals surface area contributed by atoms with Gasteiger partial charge in [0.25, 0.3) is 0 Å². The van der Waals surface area contributed by atoms with Gasteiger partial charge < -0.3 is 5.73 Å². The van der Waals surface area contributed by atoms with Crippen molar-refractivity contribution in [2.24, 2.45) is 11.7 Å². The van der Waals surface area contributed by atoms with Crippen LogP contribution in [0.3, 0.4) is 0 Å². The fraction of sp³-hybridized carbons (Fsp3) is 0.462. The van der Waals surface area contributed by atoms with Gasteiger partial charge in [-0.2, -0.15) is 0 Å². The Morgan fingerprint density at radius 3 is 2.47 bits per heavy atom. The summed E-state index contributed by atoms with van der Waals surface area (Å²) in [6, 6.07) is 4.81. The van der Waals surface area contributed by atoms with Crippen molar-refractivity contribution in [1.82, 2.24) is 0 Å². The molecule has 0 saturated carbocycles. The number of carbonyl (C=O) groups is 1. The first-order valence-corrected chi connectivity index (χ1v) is 6.38. The second-order valence-corrected chi connectivity index (χ2v) is 5.44. The van der Waals surface area contributed by atoms with E-state index in [0.717, 1.165) is 5.56 Å². The molecule has 1 aromatic rings. The van der Waals surface area contributed by atoms with Crippen LogP contribution in [-0.4, -0.2) is 11.8 Å². The van der Waals surface area contributed by atoms with Crippen LogP contribution in [0.25, 0.3) is 0 Å². The fourth-order valence-electron chi connectivity index (χ4n) is 1.62. The Bertz CT molecular complexity index is 404. The first kappa shape index (κ1) is 14.5. The van der Waals surface area contributed by atoms with Gasteiger partial charge in [0.15, 0.2) is 5.78 Å². The summed E-state index contributed by atoms with van der Waals surface area (Å²) in [5.41, 5.74) is 6.68. The van der Waals surface area contributed by atoms with Crippen LogP contribution in [0, 0.1) is 5.92 Å². The molecular formula is C13H17Cl2NO. The summed E-state index contributed by atoms with van der Waals surface area (Å²) >= 11 is 11.7. The molecule has 1 atom stereocenters. The zero-order valence-corrected chi connectivity index (χ0v) is 11.6. The molecule has 0 aromatic heterocycles. The van der Waals surface area contributed by atoms with Crippen LogP contribution < -0.4 is 5.73 Å². The van der Waals surface area contributed by atoms with Crippen LogP contribution in [0.4, 0.5) is 0 Å². The minimum atomic E-state index is -0.399. The molecule has 1 unspecified atom stereocenters. The van der Waals surface area contributed by atoms with E-state index in [1.54, 1.807) is 18.2 Å². The minimum absolute atomic E-state index is 0.0390. The average Bonchev–Trinajstić information content (AvgIpc) is 2.22. The lowest BCUT2D eigenvalue weighted by atomic mass is 9.97. The maximum atomic E-state index is 11.8. The maximum Gasteiger partial charge on any atom is 0.153 e. The number of halogens is 2.